The number of aromatic nitrogens is 1. The molecule has 0 aliphatic carbocycles. The molecule has 3 aromatic rings. The van der Waals surface area contributed by atoms with Gasteiger partial charge in [0.25, 0.3) is 10.0 Å². The van der Waals surface area contributed by atoms with Crippen molar-refractivity contribution in [3.8, 4) is 5.75 Å². The monoisotopic (exact) mass is 528 g/mol. The lowest BCUT2D eigenvalue weighted by atomic mass is 10.1. The second-order valence-corrected chi connectivity index (χ2v) is 9.39. The quantitative estimate of drug-likeness (QED) is 0.339. The van der Waals surface area contributed by atoms with E-state index in [4.69, 9.17) is 6.57 Å². The molecular formula is C22H14F6N4O3S. The number of sulfonamides is 1. The van der Waals surface area contributed by atoms with Crippen LogP contribution in [0.1, 0.15) is 16.8 Å². The maximum atomic E-state index is 13.6. The molecule has 1 N–H and O–H groups in total. The summed E-state index contributed by atoms with van der Waals surface area (Å²) in [5.41, 5.74) is -0.495. The molecule has 7 nitrogen and oxygen atoms in total. The third kappa shape index (κ3) is 5.15. The number of pyridine rings is 1. The molecule has 1 aliphatic heterocycles. The van der Waals surface area contributed by atoms with Gasteiger partial charge in [-0.15, -0.1) is 13.2 Å². The first kappa shape index (κ1) is 25.1. The van der Waals surface area contributed by atoms with Gasteiger partial charge in [0.1, 0.15) is 17.3 Å². The summed E-state index contributed by atoms with van der Waals surface area (Å²) in [6, 6.07) is 9.63. The number of ether oxygens (including phenoxy) is 1. The van der Waals surface area contributed by atoms with Crippen LogP contribution in [0, 0.1) is 6.57 Å². The Kier molecular flexibility index (Phi) is 6.21. The third-order valence-electron chi connectivity index (χ3n) is 5.07. The van der Waals surface area contributed by atoms with Crippen molar-refractivity contribution in [3.05, 3.63) is 82.8 Å². The molecule has 0 unspecified atom stereocenters. The van der Waals surface area contributed by atoms with Gasteiger partial charge >= 0.3 is 12.5 Å². The molecule has 0 fully saturated rings. The van der Waals surface area contributed by atoms with E-state index in [1.807, 2.05) is 0 Å². The predicted molar refractivity (Wildman–Crippen MR) is 116 cm³/mol. The SMILES string of the molecule is [C-]#[N+]Cc1ccc2c(c1)N(S(=O)(=O)c1ccc(OC(F)(F)F)cc1)Cc1ccc(C(F)(F)F)nc1N2. The van der Waals surface area contributed by atoms with Gasteiger partial charge in [0, 0.05) is 11.1 Å². The summed E-state index contributed by atoms with van der Waals surface area (Å²) in [5.74, 6) is -0.844. The third-order valence-corrected chi connectivity index (χ3v) is 6.85. The fraction of sp³-hybridized carbons (Fsp3) is 0.182. The van der Waals surface area contributed by atoms with Crippen molar-refractivity contribution in [3.63, 3.8) is 0 Å². The molecular weight excluding hydrogens is 514 g/mol. The Morgan fingerprint density at radius 2 is 1.72 bits per heavy atom. The summed E-state index contributed by atoms with van der Waals surface area (Å²) < 4.78 is 109. The zero-order valence-corrected chi connectivity index (χ0v) is 18.7. The van der Waals surface area contributed by atoms with Crippen LogP contribution in [0.3, 0.4) is 0 Å². The molecule has 1 aromatic heterocycles. The molecule has 4 rings (SSSR count). The van der Waals surface area contributed by atoms with E-state index in [0.717, 1.165) is 40.7 Å². The standard InChI is InChI=1S/C22H14F6N4O3S/c1-29-11-13-2-8-17-18(10-13)32(12-14-3-9-19(21(23,24)25)31-20(14)30-17)36(33,34)16-6-4-15(5-7-16)35-22(26,27)28/h2-10H,11-12H2,(H,30,31). The van der Waals surface area contributed by atoms with Gasteiger partial charge in [-0.05, 0) is 48.5 Å². The number of halogens is 6. The molecule has 14 heteroatoms. The van der Waals surface area contributed by atoms with E-state index >= 15 is 0 Å². The molecule has 2 heterocycles. The number of hydrogen-bond donors (Lipinski definition) is 1. The molecule has 36 heavy (non-hydrogen) atoms. The van der Waals surface area contributed by atoms with E-state index < -0.39 is 40.6 Å². The maximum absolute atomic E-state index is 13.6. The van der Waals surface area contributed by atoms with E-state index in [1.165, 1.54) is 18.2 Å². The Morgan fingerprint density at radius 3 is 2.33 bits per heavy atom. The molecule has 0 amide bonds. The second kappa shape index (κ2) is 8.90. The molecule has 188 valence electrons. The van der Waals surface area contributed by atoms with Crippen LogP contribution in [0.4, 0.5) is 43.5 Å². The summed E-state index contributed by atoms with van der Waals surface area (Å²) >= 11 is 0. The van der Waals surface area contributed by atoms with Gasteiger partial charge in [-0.2, -0.15) is 13.2 Å². The number of alkyl halides is 6. The van der Waals surface area contributed by atoms with E-state index in [9.17, 15) is 34.8 Å². The molecule has 0 spiro atoms. The lowest BCUT2D eigenvalue weighted by molar-refractivity contribution is -0.274. The normalized spacial score (nSPS) is 13.6. The number of fused-ring (bicyclic) bond motifs is 2. The molecule has 0 saturated heterocycles. The Labute approximate surface area is 200 Å². The van der Waals surface area contributed by atoms with Gasteiger partial charge < -0.3 is 14.9 Å². The van der Waals surface area contributed by atoms with Gasteiger partial charge in [0.05, 0.1) is 22.8 Å². The maximum Gasteiger partial charge on any atom is 0.573 e. The van der Waals surface area contributed by atoms with Gasteiger partial charge in [-0.3, -0.25) is 4.31 Å². The van der Waals surface area contributed by atoms with Gasteiger partial charge in [0.2, 0.25) is 6.54 Å². The summed E-state index contributed by atoms with van der Waals surface area (Å²) in [5, 5.41) is 2.73. The number of rotatable bonds is 4. The van der Waals surface area contributed by atoms with Crippen molar-refractivity contribution in [2.24, 2.45) is 0 Å². The van der Waals surface area contributed by atoms with Gasteiger partial charge in [0.15, 0.2) is 0 Å². The highest BCUT2D eigenvalue weighted by Gasteiger charge is 2.36. The number of nitrogens with zero attached hydrogens (tertiary/aromatic N) is 3. The first-order valence-corrected chi connectivity index (χ1v) is 11.4. The zero-order valence-electron chi connectivity index (χ0n) is 17.9. The molecule has 0 atom stereocenters. The average Bonchev–Trinajstić information content (AvgIpc) is 2.94. The van der Waals surface area contributed by atoms with Crippen LogP contribution >= 0.6 is 0 Å². The van der Waals surface area contributed by atoms with Crippen LogP contribution in [-0.2, 0) is 29.3 Å². The fourth-order valence-electron chi connectivity index (χ4n) is 3.48. The summed E-state index contributed by atoms with van der Waals surface area (Å²) in [6.07, 6.45) is -9.71. The van der Waals surface area contributed by atoms with E-state index in [2.05, 4.69) is 19.9 Å². The van der Waals surface area contributed by atoms with Gasteiger partial charge in [-0.1, -0.05) is 6.07 Å². The highest BCUT2D eigenvalue weighted by atomic mass is 32.2. The Morgan fingerprint density at radius 1 is 1.03 bits per heavy atom. The van der Waals surface area contributed by atoms with Crippen LogP contribution < -0.4 is 14.4 Å². The smallest absolute Gasteiger partial charge is 0.406 e. The summed E-state index contributed by atoms with van der Waals surface area (Å²) in [7, 11) is -4.44. The van der Waals surface area contributed by atoms with Crippen molar-refractivity contribution >= 4 is 27.2 Å². The molecule has 0 radical (unpaired) electrons. The van der Waals surface area contributed by atoms with Crippen LogP contribution in [-0.4, -0.2) is 19.8 Å². The Bertz CT molecular complexity index is 1450. The van der Waals surface area contributed by atoms with Crippen molar-refractivity contribution in [1.29, 1.82) is 0 Å². The van der Waals surface area contributed by atoms with Crippen molar-refractivity contribution in [2.45, 2.75) is 30.5 Å². The predicted octanol–water partition coefficient (Wildman–Crippen LogP) is 5.87. The first-order valence-electron chi connectivity index (χ1n) is 9.97. The summed E-state index contributed by atoms with van der Waals surface area (Å²) in [6.45, 7) is 6.54. The number of benzene rings is 2. The van der Waals surface area contributed by atoms with Crippen LogP contribution in [0.2, 0.25) is 0 Å². The largest absolute Gasteiger partial charge is 0.573 e. The van der Waals surface area contributed by atoms with E-state index in [1.54, 1.807) is 0 Å². The van der Waals surface area contributed by atoms with Crippen LogP contribution in [0.15, 0.2) is 59.5 Å². The number of hydrogen-bond acceptors (Lipinski definition) is 5. The Balaban J connectivity index is 1.82. The molecule has 0 bridgehead atoms. The van der Waals surface area contributed by atoms with E-state index in [0.29, 0.717) is 5.56 Å². The van der Waals surface area contributed by atoms with Crippen molar-refractivity contribution < 1.29 is 39.5 Å². The minimum absolute atomic E-state index is 0.0262. The molecule has 1 aliphatic rings. The minimum Gasteiger partial charge on any atom is -0.406 e. The number of anilines is 3. The number of nitrogens with one attached hydrogen (secondary N) is 1. The van der Waals surface area contributed by atoms with Crippen LogP contribution in [0.5, 0.6) is 5.75 Å². The molecule has 2 aromatic carbocycles. The van der Waals surface area contributed by atoms with E-state index in [-0.39, 0.29) is 34.2 Å². The van der Waals surface area contributed by atoms with Crippen molar-refractivity contribution in [1.82, 2.24) is 4.98 Å². The highest BCUT2D eigenvalue weighted by molar-refractivity contribution is 7.92. The summed E-state index contributed by atoms with van der Waals surface area (Å²) in [4.78, 5) is 6.48. The topological polar surface area (TPSA) is 75.9 Å². The Hall–Kier alpha value is -3.99. The van der Waals surface area contributed by atoms with Crippen molar-refractivity contribution in [2.75, 3.05) is 9.62 Å². The minimum atomic E-state index is -4.97. The first-order chi connectivity index (χ1) is 16.8. The lowest BCUT2D eigenvalue weighted by Crippen LogP contribution is -2.30. The average molecular weight is 528 g/mol. The molecule has 0 saturated carbocycles. The fourth-order valence-corrected chi connectivity index (χ4v) is 4.94. The highest BCUT2D eigenvalue weighted by Crippen LogP contribution is 2.40. The second-order valence-electron chi connectivity index (χ2n) is 7.53. The van der Waals surface area contributed by atoms with Crippen LogP contribution in [0.25, 0.3) is 4.85 Å². The van der Waals surface area contributed by atoms with Gasteiger partial charge in [-0.25, -0.2) is 20.0 Å². The lowest BCUT2D eigenvalue weighted by Gasteiger charge is -2.25. The zero-order chi connectivity index (χ0) is 26.3.